The molecule has 1 aromatic carbocycles. The summed E-state index contributed by atoms with van der Waals surface area (Å²) >= 11 is 0. The molecule has 0 aliphatic carbocycles. The summed E-state index contributed by atoms with van der Waals surface area (Å²) in [5.74, 6) is 0. The Hall–Kier alpha value is -2.07. The van der Waals surface area contributed by atoms with Crippen LogP contribution >= 0.6 is 0 Å². The van der Waals surface area contributed by atoms with Crippen LogP contribution in [0.15, 0.2) is 43.0 Å². The second-order valence-corrected chi connectivity index (χ2v) is 3.55. The van der Waals surface area contributed by atoms with E-state index in [9.17, 15) is 9.90 Å². The number of ether oxygens (including phenoxy) is 1. The maximum Gasteiger partial charge on any atom is 0.419 e. The van der Waals surface area contributed by atoms with Gasteiger partial charge in [0.25, 0.3) is 0 Å². The number of benzene rings is 1. The minimum Gasteiger partial charge on any atom is -0.445 e. The molecule has 0 radical (unpaired) electrons. The Bertz CT molecular complexity index is 557. The number of hydrogen-bond acceptors (Lipinski definition) is 3. The normalized spacial score (nSPS) is 10.4. The Morgan fingerprint density at radius 1 is 1.47 bits per heavy atom. The summed E-state index contributed by atoms with van der Waals surface area (Å²) in [6.45, 7) is 3.42. The van der Waals surface area contributed by atoms with E-state index in [1.54, 1.807) is 6.07 Å². The highest BCUT2D eigenvalue weighted by atomic mass is 16.5. The summed E-state index contributed by atoms with van der Waals surface area (Å²) in [6, 6.07) is 9.17. The van der Waals surface area contributed by atoms with E-state index in [4.69, 9.17) is 4.74 Å². The molecule has 88 valence electrons. The first-order chi connectivity index (χ1) is 8.27. The molecule has 17 heavy (non-hydrogen) atoms. The van der Waals surface area contributed by atoms with Crippen LogP contribution in [0.2, 0.25) is 0 Å². The van der Waals surface area contributed by atoms with Crippen molar-refractivity contribution in [2.45, 2.75) is 6.61 Å². The van der Waals surface area contributed by atoms with Crippen LogP contribution in [0.4, 0.5) is 4.79 Å². The van der Waals surface area contributed by atoms with Gasteiger partial charge in [-0.15, -0.1) is 0 Å². The van der Waals surface area contributed by atoms with Gasteiger partial charge in [-0.2, -0.15) is 0 Å². The summed E-state index contributed by atoms with van der Waals surface area (Å²) in [6.07, 6.45) is 0.998. The lowest BCUT2D eigenvalue weighted by molar-refractivity contribution is 0.158. The zero-order valence-corrected chi connectivity index (χ0v) is 9.30. The molecule has 1 heterocycles. The third-order valence-electron chi connectivity index (χ3n) is 2.46. The molecule has 0 unspecified atom stereocenters. The molecule has 1 aromatic heterocycles. The van der Waals surface area contributed by atoms with Gasteiger partial charge in [0.05, 0.1) is 17.8 Å². The number of rotatable bonds is 3. The van der Waals surface area contributed by atoms with Crippen molar-refractivity contribution in [1.82, 2.24) is 4.57 Å². The van der Waals surface area contributed by atoms with Crippen LogP contribution in [0.3, 0.4) is 0 Å². The van der Waals surface area contributed by atoms with Crippen molar-refractivity contribution in [3.8, 4) is 0 Å². The fourth-order valence-electron chi connectivity index (χ4n) is 1.74. The molecule has 2 aromatic rings. The van der Waals surface area contributed by atoms with E-state index < -0.39 is 6.09 Å². The zero-order valence-electron chi connectivity index (χ0n) is 9.30. The minimum atomic E-state index is -0.504. The zero-order chi connectivity index (χ0) is 12.3. The van der Waals surface area contributed by atoms with E-state index in [-0.39, 0.29) is 13.2 Å². The van der Waals surface area contributed by atoms with E-state index in [0.29, 0.717) is 5.69 Å². The van der Waals surface area contributed by atoms with Crippen molar-refractivity contribution in [2.75, 3.05) is 6.61 Å². The lowest BCUT2D eigenvalue weighted by atomic mass is 10.2. The number of hydrogen-bond donors (Lipinski definition) is 1. The lowest BCUT2D eigenvalue weighted by Gasteiger charge is -2.07. The average Bonchev–Trinajstić information content (AvgIpc) is 2.74. The van der Waals surface area contributed by atoms with Gasteiger partial charge in [-0.25, -0.2) is 9.36 Å². The SMILES string of the molecule is C=CCOC(=O)n1c(CO)cc2ccccc21. The molecule has 0 fully saturated rings. The topological polar surface area (TPSA) is 51.5 Å². The number of carbonyl (C=O) groups excluding carboxylic acids is 1. The molecule has 4 heteroatoms. The summed E-state index contributed by atoms with van der Waals surface area (Å²) < 4.78 is 6.35. The Kier molecular flexibility index (Phi) is 3.25. The Labute approximate surface area is 98.7 Å². The molecular formula is C13H13NO3. The highest BCUT2D eigenvalue weighted by Crippen LogP contribution is 2.20. The molecule has 1 N–H and O–H groups in total. The van der Waals surface area contributed by atoms with E-state index in [2.05, 4.69) is 6.58 Å². The summed E-state index contributed by atoms with van der Waals surface area (Å²) in [7, 11) is 0. The summed E-state index contributed by atoms with van der Waals surface area (Å²) in [5, 5.41) is 10.1. The molecule has 0 aliphatic heterocycles. The van der Waals surface area contributed by atoms with E-state index in [1.165, 1.54) is 10.6 Å². The molecule has 0 spiro atoms. The molecule has 0 bridgehead atoms. The average molecular weight is 231 g/mol. The number of aliphatic hydroxyl groups is 1. The first-order valence-corrected chi connectivity index (χ1v) is 5.26. The van der Waals surface area contributed by atoms with Crippen molar-refractivity contribution >= 4 is 17.0 Å². The molecule has 0 saturated carbocycles. The van der Waals surface area contributed by atoms with Gasteiger partial charge in [-0.1, -0.05) is 30.9 Å². The van der Waals surface area contributed by atoms with Crippen molar-refractivity contribution in [3.63, 3.8) is 0 Å². The Balaban J connectivity index is 2.49. The minimum absolute atomic E-state index is 0.149. The smallest absolute Gasteiger partial charge is 0.419 e. The van der Waals surface area contributed by atoms with Crippen molar-refractivity contribution in [1.29, 1.82) is 0 Å². The van der Waals surface area contributed by atoms with Crippen LogP contribution < -0.4 is 0 Å². The van der Waals surface area contributed by atoms with Crippen LogP contribution in [-0.4, -0.2) is 22.4 Å². The third kappa shape index (κ3) is 2.07. The predicted octanol–water partition coefficient (Wildman–Crippen LogP) is 2.30. The second kappa shape index (κ2) is 4.84. The monoisotopic (exact) mass is 231 g/mol. The van der Waals surface area contributed by atoms with Gasteiger partial charge in [-0.05, 0) is 12.1 Å². The first-order valence-electron chi connectivity index (χ1n) is 5.26. The van der Waals surface area contributed by atoms with Gasteiger partial charge in [0.2, 0.25) is 0 Å². The molecular weight excluding hydrogens is 218 g/mol. The van der Waals surface area contributed by atoms with Crippen LogP contribution in [0.5, 0.6) is 0 Å². The van der Waals surface area contributed by atoms with Crippen molar-refractivity contribution < 1.29 is 14.6 Å². The fraction of sp³-hybridized carbons (Fsp3) is 0.154. The quantitative estimate of drug-likeness (QED) is 0.824. The predicted molar refractivity (Wildman–Crippen MR) is 64.8 cm³/mol. The van der Waals surface area contributed by atoms with Gasteiger partial charge in [-0.3, -0.25) is 0 Å². The summed E-state index contributed by atoms with van der Waals surface area (Å²) in [5.41, 5.74) is 1.24. The van der Waals surface area contributed by atoms with E-state index in [0.717, 1.165) is 10.9 Å². The number of nitrogens with zero attached hydrogens (tertiary/aromatic N) is 1. The van der Waals surface area contributed by atoms with Gasteiger partial charge in [0.1, 0.15) is 6.61 Å². The Morgan fingerprint density at radius 2 is 2.24 bits per heavy atom. The maximum absolute atomic E-state index is 11.8. The summed E-state index contributed by atoms with van der Waals surface area (Å²) in [4.78, 5) is 11.8. The maximum atomic E-state index is 11.8. The number of para-hydroxylation sites is 1. The molecule has 4 nitrogen and oxygen atoms in total. The largest absolute Gasteiger partial charge is 0.445 e. The molecule has 2 rings (SSSR count). The number of fused-ring (bicyclic) bond motifs is 1. The standard InChI is InChI=1S/C13H13NO3/c1-2-7-17-13(16)14-11(9-15)8-10-5-3-4-6-12(10)14/h2-6,8,15H,1,7,9H2. The second-order valence-electron chi connectivity index (χ2n) is 3.55. The fourth-order valence-corrected chi connectivity index (χ4v) is 1.74. The van der Waals surface area contributed by atoms with Crippen LogP contribution in [-0.2, 0) is 11.3 Å². The highest BCUT2D eigenvalue weighted by molar-refractivity contribution is 5.90. The van der Waals surface area contributed by atoms with Gasteiger partial charge >= 0.3 is 6.09 Å². The molecule has 0 saturated heterocycles. The number of carbonyl (C=O) groups is 1. The van der Waals surface area contributed by atoms with Crippen LogP contribution in [0.25, 0.3) is 10.9 Å². The molecule has 0 aliphatic rings. The van der Waals surface area contributed by atoms with Crippen LogP contribution in [0, 0.1) is 0 Å². The van der Waals surface area contributed by atoms with Gasteiger partial charge in [0.15, 0.2) is 0 Å². The van der Waals surface area contributed by atoms with Gasteiger partial charge < -0.3 is 9.84 Å². The number of aliphatic hydroxyl groups excluding tert-OH is 1. The van der Waals surface area contributed by atoms with Crippen molar-refractivity contribution in [2.24, 2.45) is 0 Å². The van der Waals surface area contributed by atoms with Gasteiger partial charge in [0, 0.05) is 5.39 Å². The molecule has 0 atom stereocenters. The van der Waals surface area contributed by atoms with Crippen molar-refractivity contribution in [3.05, 3.63) is 48.7 Å². The highest BCUT2D eigenvalue weighted by Gasteiger charge is 2.14. The van der Waals surface area contributed by atoms with E-state index >= 15 is 0 Å². The van der Waals surface area contributed by atoms with Crippen LogP contribution in [0.1, 0.15) is 5.69 Å². The van der Waals surface area contributed by atoms with E-state index in [1.807, 2.05) is 24.3 Å². The lowest BCUT2D eigenvalue weighted by Crippen LogP contribution is -2.16. The first kappa shape index (κ1) is 11.4. The number of aromatic nitrogens is 1. The Morgan fingerprint density at radius 3 is 2.94 bits per heavy atom. The molecule has 0 amide bonds. The third-order valence-corrected chi connectivity index (χ3v) is 2.46.